The van der Waals surface area contributed by atoms with Gasteiger partial charge in [-0.1, -0.05) is 12.1 Å². The lowest BCUT2D eigenvalue weighted by atomic mass is 10.2. The molecule has 1 aromatic carbocycles. The highest BCUT2D eigenvalue weighted by Gasteiger charge is 2.10. The summed E-state index contributed by atoms with van der Waals surface area (Å²) in [6.07, 6.45) is 6.58. The summed E-state index contributed by atoms with van der Waals surface area (Å²) in [7, 11) is 0. The summed E-state index contributed by atoms with van der Waals surface area (Å²) in [5.74, 6) is 0.925. The smallest absolute Gasteiger partial charge is 0.266 e. The quantitative estimate of drug-likeness (QED) is 0.573. The van der Waals surface area contributed by atoms with Gasteiger partial charge in [-0.25, -0.2) is 4.98 Å². The first-order chi connectivity index (χ1) is 12.2. The van der Waals surface area contributed by atoms with E-state index in [9.17, 15) is 4.79 Å². The molecule has 0 bridgehead atoms. The van der Waals surface area contributed by atoms with Crippen molar-refractivity contribution in [3.05, 3.63) is 77.8 Å². The number of nitriles is 1. The Morgan fingerprint density at radius 3 is 2.76 bits per heavy atom. The van der Waals surface area contributed by atoms with Crippen LogP contribution in [-0.4, -0.2) is 15.5 Å². The van der Waals surface area contributed by atoms with Gasteiger partial charge in [0.2, 0.25) is 0 Å². The molecule has 0 atom stereocenters. The maximum absolute atomic E-state index is 12.2. The minimum Gasteiger partial charge on any atom is -0.465 e. The number of hydrogen-bond donors (Lipinski definition) is 1. The Bertz CT molecular complexity index is 929. The van der Waals surface area contributed by atoms with Gasteiger partial charge in [-0.05, 0) is 36.8 Å². The second-order valence-corrected chi connectivity index (χ2v) is 5.44. The molecule has 0 aliphatic rings. The Balaban J connectivity index is 1.67. The summed E-state index contributed by atoms with van der Waals surface area (Å²) < 4.78 is 7.16. The first-order valence-corrected chi connectivity index (χ1v) is 7.69. The Hall–Kier alpha value is -3.59. The van der Waals surface area contributed by atoms with Crippen LogP contribution in [0.25, 0.3) is 6.08 Å². The molecule has 1 N–H and O–H groups in total. The van der Waals surface area contributed by atoms with E-state index in [-0.39, 0.29) is 5.57 Å². The van der Waals surface area contributed by atoms with Gasteiger partial charge in [0, 0.05) is 30.7 Å². The van der Waals surface area contributed by atoms with Crippen LogP contribution in [-0.2, 0) is 11.3 Å². The number of aromatic nitrogens is 2. The molecule has 0 aliphatic carbocycles. The SMILES string of the molecule is Cc1nccn1Cc1ccc(NC(=O)/C(C#N)=C\c2ccco2)cc1. The molecule has 0 spiro atoms. The Labute approximate surface area is 145 Å². The molecule has 2 aromatic heterocycles. The molecule has 0 saturated heterocycles. The molecule has 0 aliphatic heterocycles. The highest BCUT2D eigenvalue weighted by atomic mass is 16.3. The number of amides is 1. The molecule has 6 heteroatoms. The van der Waals surface area contributed by atoms with Crippen LogP contribution >= 0.6 is 0 Å². The normalized spacial score (nSPS) is 11.1. The molecule has 0 fully saturated rings. The van der Waals surface area contributed by atoms with E-state index in [1.807, 2.05) is 35.9 Å². The van der Waals surface area contributed by atoms with E-state index in [1.54, 1.807) is 30.5 Å². The molecule has 1 amide bonds. The minimum atomic E-state index is -0.475. The predicted octanol–water partition coefficient (Wildman–Crippen LogP) is 3.38. The lowest BCUT2D eigenvalue weighted by Gasteiger charge is -2.08. The van der Waals surface area contributed by atoms with E-state index < -0.39 is 5.91 Å². The van der Waals surface area contributed by atoms with Crippen molar-refractivity contribution in [2.75, 3.05) is 5.32 Å². The number of carbonyl (C=O) groups is 1. The molecule has 0 unspecified atom stereocenters. The van der Waals surface area contributed by atoms with Crippen LogP contribution in [0.3, 0.4) is 0 Å². The third-order valence-corrected chi connectivity index (χ3v) is 3.68. The summed E-state index contributed by atoms with van der Waals surface area (Å²) in [4.78, 5) is 16.4. The Morgan fingerprint density at radius 1 is 1.36 bits per heavy atom. The maximum Gasteiger partial charge on any atom is 0.266 e. The molecule has 3 rings (SSSR count). The van der Waals surface area contributed by atoms with Crippen molar-refractivity contribution in [3.8, 4) is 6.07 Å². The van der Waals surface area contributed by atoms with Crippen molar-refractivity contribution in [2.24, 2.45) is 0 Å². The van der Waals surface area contributed by atoms with Crippen LogP contribution in [0.4, 0.5) is 5.69 Å². The molecule has 25 heavy (non-hydrogen) atoms. The van der Waals surface area contributed by atoms with E-state index in [4.69, 9.17) is 9.68 Å². The lowest BCUT2D eigenvalue weighted by molar-refractivity contribution is -0.112. The number of nitrogens with one attached hydrogen (secondary N) is 1. The number of benzene rings is 1. The molecular weight excluding hydrogens is 316 g/mol. The number of aryl methyl sites for hydroxylation is 1. The molecule has 124 valence electrons. The van der Waals surface area contributed by atoms with Crippen molar-refractivity contribution in [2.45, 2.75) is 13.5 Å². The largest absolute Gasteiger partial charge is 0.465 e. The van der Waals surface area contributed by atoms with Gasteiger partial charge in [0.1, 0.15) is 23.2 Å². The molecule has 2 heterocycles. The van der Waals surface area contributed by atoms with Gasteiger partial charge in [-0.15, -0.1) is 0 Å². The summed E-state index contributed by atoms with van der Waals surface area (Å²) >= 11 is 0. The standard InChI is InChI=1S/C19H16N4O2/c1-14-21-8-9-23(14)13-15-4-6-17(7-5-15)22-19(24)16(12-20)11-18-3-2-10-25-18/h2-11H,13H2,1H3,(H,22,24)/b16-11-. The highest BCUT2D eigenvalue weighted by Crippen LogP contribution is 2.14. The second kappa shape index (κ2) is 7.32. The minimum absolute atomic E-state index is 0.0203. The maximum atomic E-state index is 12.2. The van der Waals surface area contributed by atoms with Gasteiger partial charge in [-0.3, -0.25) is 4.79 Å². The van der Waals surface area contributed by atoms with Crippen molar-refractivity contribution in [1.82, 2.24) is 9.55 Å². The van der Waals surface area contributed by atoms with Gasteiger partial charge >= 0.3 is 0 Å². The van der Waals surface area contributed by atoms with Gasteiger partial charge in [0.15, 0.2) is 0 Å². The van der Waals surface area contributed by atoms with E-state index in [0.717, 1.165) is 11.4 Å². The lowest BCUT2D eigenvalue weighted by Crippen LogP contribution is -2.13. The first kappa shape index (κ1) is 16.3. The number of imidazole rings is 1. The van der Waals surface area contributed by atoms with E-state index in [1.165, 1.54) is 12.3 Å². The van der Waals surface area contributed by atoms with Crippen molar-refractivity contribution in [1.29, 1.82) is 5.26 Å². The fraction of sp³-hybridized carbons (Fsp3) is 0.105. The van der Waals surface area contributed by atoms with Gasteiger partial charge < -0.3 is 14.3 Å². The zero-order valence-corrected chi connectivity index (χ0v) is 13.6. The zero-order valence-electron chi connectivity index (χ0n) is 13.6. The van der Waals surface area contributed by atoms with Crippen LogP contribution in [0.15, 0.2) is 65.0 Å². The van der Waals surface area contributed by atoms with Crippen molar-refractivity contribution >= 4 is 17.7 Å². The third kappa shape index (κ3) is 4.03. The molecule has 0 radical (unpaired) electrons. The van der Waals surface area contributed by atoms with Crippen molar-refractivity contribution in [3.63, 3.8) is 0 Å². The topological polar surface area (TPSA) is 83.9 Å². The monoisotopic (exact) mass is 332 g/mol. The molecule has 0 saturated carbocycles. The third-order valence-electron chi connectivity index (χ3n) is 3.68. The van der Waals surface area contributed by atoms with Gasteiger partial charge in [0.05, 0.1) is 6.26 Å². The van der Waals surface area contributed by atoms with Crippen molar-refractivity contribution < 1.29 is 9.21 Å². The predicted molar refractivity (Wildman–Crippen MR) is 93.4 cm³/mol. The van der Waals surface area contributed by atoms with Gasteiger partial charge in [-0.2, -0.15) is 5.26 Å². The van der Waals surface area contributed by atoms with Crippen LogP contribution < -0.4 is 5.32 Å². The van der Waals surface area contributed by atoms with E-state index in [2.05, 4.69) is 10.3 Å². The second-order valence-electron chi connectivity index (χ2n) is 5.44. The first-order valence-electron chi connectivity index (χ1n) is 7.69. The Morgan fingerprint density at radius 2 is 2.16 bits per heavy atom. The summed E-state index contributed by atoms with van der Waals surface area (Å²) in [5.41, 5.74) is 1.69. The van der Waals surface area contributed by atoms with Crippen LogP contribution in [0.5, 0.6) is 0 Å². The van der Waals surface area contributed by atoms with E-state index in [0.29, 0.717) is 18.0 Å². The summed E-state index contributed by atoms with van der Waals surface area (Å²) in [5, 5.41) is 11.9. The summed E-state index contributed by atoms with van der Waals surface area (Å²) in [6, 6.07) is 12.7. The average Bonchev–Trinajstić information content (AvgIpc) is 3.26. The van der Waals surface area contributed by atoms with Crippen LogP contribution in [0, 0.1) is 18.3 Å². The number of furan rings is 1. The molecular formula is C19H16N4O2. The molecule has 6 nitrogen and oxygen atoms in total. The number of nitrogens with zero attached hydrogens (tertiary/aromatic N) is 3. The number of hydrogen-bond acceptors (Lipinski definition) is 4. The number of anilines is 1. The zero-order chi connectivity index (χ0) is 17.6. The number of rotatable bonds is 5. The van der Waals surface area contributed by atoms with E-state index >= 15 is 0 Å². The number of carbonyl (C=O) groups excluding carboxylic acids is 1. The fourth-order valence-corrected chi connectivity index (χ4v) is 2.32. The Kier molecular flexibility index (Phi) is 4.77. The highest BCUT2D eigenvalue weighted by molar-refractivity contribution is 6.09. The molecule has 3 aromatic rings. The van der Waals surface area contributed by atoms with Crippen LogP contribution in [0.1, 0.15) is 17.1 Å². The van der Waals surface area contributed by atoms with Gasteiger partial charge in [0.25, 0.3) is 5.91 Å². The van der Waals surface area contributed by atoms with Crippen LogP contribution in [0.2, 0.25) is 0 Å². The summed E-state index contributed by atoms with van der Waals surface area (Å²) in [6.45, 7) is 2.66. The fourth-order valence-electron chi connectivity index (χ4n) is 2.32. The average molecular weight is 332 g/mol.